The summed E-state index contributed by atoms with van der Waals surface area (Å²) in [5.74, 6) is 0.561. The smallest absolute Gasteiger partial charge is 0.228 e. The van der Waals surface area contributed by atoms with Gasteiger partial charge in [0.25, 0.3) is 0 Å². The third-order valence-corrected chi connectivity index (χ3v) is 3.28. The van der Waals surface area contributed by atoms with Crippen LogP contribution >= 0.6 is 0 Å². The lowest BCUT2D eigenvalue weighted by Gasteiger charge is -2.25. The average molecular weight is 277 g/mol. The molecular formula is C15H20FN3O. The summed E-state index contributed by atoms with van der Waals surface area (Å²) in [5, 5.41) is 3.90. The first-order valence-corrected chi connectivity index (χ1v) is 6.61. The van der Waals surface area contributed by atoms with Crippen LogP contribution in [0.1, 0.15) is 32.2 Å². The lowest BCUT2D eigenvalue weighted by molar-refractivity contribution is 0.286. The van der Waals surface area contributed by atoms with Crippen molar-refractivity contribution in [1.82, 2.24) is 10.1 Å². The molecule has 0 saturated heterocycles. The number of halogens is 1. The number of nitrogens with two attached hydrogens (primary N) is 1. The van der Waals surface area contributed by atoms with Crippen LogP contribution < -0.4 is 5.73 Å². The molecule has 20 heavy (non-hydrogen) atoms. The third kappa shape index (κ3) is 3.42. The van der Waals surface area contributed by atoms with E-state index in [1.807, 2.05) is 13.0 Å². The molecule has 2 rings (SSSR count). The molecule has 1 heterocycles. The zero-order valence-corrected chi connectivity index (χ0v) is 12.3. The number of benzene rings is 1. The van der Waals surface area contributed by atoms with Gasteiger partial charge in [0.05, 0.1) is 0 Å². The van der Waals surface area contributed by atoms with Crippen molar-refractivity contribution in [2.45, 2.75) is 40.2 Å². The highest BCUT2D eigenvalue weighted by molar-refractivity contribution is 5.55. The van der Waals surface area contributed by atoms with E-state index in [4.69, 9.17) is 10.3 Å². The molecule has 108 valence electrons. The Morgan fingerprint density at radius 1 is 1.30 bits per heavy atom. The second-order valence-corrected chi connectivity index (χ2v) is 6.21. The minimum absolute atomic E-state index is 0.0376. The summed E-state index contributed by atoms with van der Waals surface area (Å²) in [6.07, 6.45) is 0.505. The SMILES string of the molecule is Cc1cc(F)cc(-c2noc(CC(N)C(C)(C)C)n2)c1. The maximum Gasteiger partial charge on any atom is 0.228 e. The lowest BCUT2D eigenvalue weighted by atomic mass is 9.85. The minimum Gasteiger partial charge on any atom is -0.339 e. The summed E-state index contributed by atoms with van der Waals surface area (Å²) in [5.41, 5.74) is 7.48. The van der Waals surface area contributed by atoms with Gasteiger partial charge in [-0.05, 0) is 36.1 Å². The number of hydrogen-bond donors (Lipinski definition) is 1. The molecule has 0 aliphatic carbocycles. The first kappa shape index (κ1) is 14.7. The maximum absolute atomic E-state index is 13.4. The molecule has 0 saturated carbocycles. The van der Waals surface area contributed by atoms with Crippen LogP contribution in [-0.4, -0.2) is 16.2 Å². The lowest BCUT2D eigenvalue weighted by Crippen LogP contribution is -2.36. The average Bonchev–Trinajstić information content (AvgIpc) is 2.75. The van der Waals surface area contributed by atoms with Crippen LogP contribution in [0.3, 0.4) is 0 Å². The van der Waals surface area contributed by atoms with Gasteiger partial charge in [-0.3, -0.25) is 0 Å². The fourth-order valence-corrected chi connectivity index (χ4v) is 1.81. The predicted molar refractivity (Wildman–Crippen MR) is 75.6 cm³/mol. The van der Waals surface area contributed by atoms with Gasteiger partial charge in [0.15, 0.2) is 0 Å². The van der Waals surface area contributed by atoms with Crippen molar-refractivity contribution in [3.8, 4) is 11.4 Å². The normalized spacial score (nSPS) is 13.5. The van der Waals surface area contributed by atoms with Crippen molar-refractivity contribution in [2.24, 2.45) is 11.1 Å². The summed E-state index contributed by atoms with van der Waals surface area (Å²) in [4.78, 5) is 4.29. The van der Waals surface area contributed by atoms with Gasteiger partial charge < -0.3 is 10.3 Å². The van der Waals surface area contributed by atoms with Gasteiger partial charge >= 0.3 is 0 Å². The maximum atomic E-state index is 13.4. The van der Waals surface area contributed by atoms with Crippen molar-refractivity contribution in [2.75, 3.05) is 0 Å². The summed E-state index contributed by atoms with van der Waals surface area (Å²) in [6, 6.07) is 4.59. The van der Waals surface area contributed by atoms with Crippen molar-refractivity contribution in [3.05, 3.63) is 35.5 Å². The van der Waals surface area contributed by atoms with E-state index in [-0.39, 0.29) is 17.3 Å². The van der Waals surface area contributed by atoms with Crippen LogP contribution in [-0.2, 0) is 6.42 Å². The summed E-state index contributed by atoms with van der Waals surface area (Å²) < 4.78 is 18.6. The second-order valence-electron chi connectivity index (χ2n) is 6.21. The van der Waals surface area contributed by atoms with E-state index in [9.17, 15) is 4.39 Å². The third-order valence-electron chi connectivity index (χ3n) is 3.28. The van der Waals surface area contributed by atoms with E-state index in [0.717, 1.165) is 5.56 Å². The molecule has 0 fully saturated rings. The van der Waals surface area contributed by atoms with Crippen LogP contribution in [0.4, 0.5) is 4.39 Å². The highest BCUT2D eigenvalue weighted by atomic mass is 19.1. The van der Waals surface area contributed by atoms with E-state index < -0.39 is 0 Å². The number of nitrogens with zero attached hydrogens (tertiary/aromatic N) is 2. The van der Waals surface area contributed by atoms with E-state index in [1.54, 1.807) is 0 Å². The number of aromatic nitrogens is 2. The Hall–Kier alpha value is -1.75. The van der Waals surface area contributed by atoms with E-state index in [2.05, 4.69) is 30.9 Å². The Morgan fingerprint density at radius 2 is 2.00 bits per heavy atom. The van der Waals surface area contributed by atoms with E-state index in [1.165, 1.54) is 12.1 Å². The van der Waals surface area contributed by atoms with Crippen LogP contribution in [0, 0.1) is 18.2 Å². The van der Waals surface area contributed by atoms with E-state index in [0.29, 0.717) is 23.7 Å². The monoisotopic (exact) mass is 277 g/mol. The van der Waals surface area contributed by atoms with Crippen molar-refractivity contribution in [1.29, 1.82) is 0 Å². The standard InChI is InChI=1S/C15H20FN3O/c1-9-5-10(7-11(16)6-9)14-18-13(20-19-14)8-12(17)15(2,3)4/h5-7,12H,8,17H2,1-4H3. The topological polar surface area (TPSA) is 64.9 Å². The van der Waals surface area contributed by atoms with Gasteiger partial charge in [-0.25, -0.2) is 4.39 Å². The van der Waals surface area contributed by atoms with Crippen LogP contribution in [0.5, 0.6) is 0 Å². The Balaban J connectivity index is 2.21. The van der Waals surface area contributed by atoms with Crippen LogP contribution in [0.25, 0.3) is 11.4 Å². The largest absolute Gasteiger partial charge is 0.339 e. The molecule has 0 spiro atoms. The molecule has 0 bridgehead atoms. The first-order valence-electron chi connectivity index (χ1n) is 6.61. The zero-order valence-electron chi connectivity index (χ0n) is 12.3. The molecular weight excluding hydrogens is 257 g/mol. The van der Waals surface area contributed by atoms with E-state index >= 15 is 0 Å². The molecule has 0 aliphatic heterocycles. The Bertz CT molecular complexity index is 581. The van der Waals surface area contributed by atoms with Gasteiger partial charge in [0, 0.05) is 18.0 Å². The molecule has 0 radical (unpaired) electrons. The molecule has 4 nitrogen and oxygen atoms in total. The second kappa shape index (κ2) is 5.32. The highest BCUT2D eigenvalue weighted by Gasteiger charge is 2.23. The van der Waals surface area contributed by atoms with Crippen LogP contribution in [0.2, 0.25) is 0 Å². The summed E-state index contributed by atoms with van der Waals surface area (Å²) >= 11 is 0. The Kier molecular flexibility index (Phi) is 3.90. The first-order chi connectivity index (χ1) is 9.25. The molecule has 2 aromatic rings. The molecule has 5 heteroatoms. The van der Waals surface area contributed by atoms with Crippen LogP contribution in [0.15, 0.2) is 22.7 Å². The minimum atomic E-state index is -0.308. The van der Waals surface area contributed by atoms with Crippen molar-refractivity contribution < 1.29 is 8.91 Å². The van der Waals surface area contributed by atoms with Gasteiger partial charge in [-0.2, -0.15) is 4.98 Å². The van der Waals surface area contributed by atoms with Gasteiger partial charge in [0.1, 0.15) is 5.82 Å². The molecule has 2 N–H and O–H groups in total. The summed E-state index contributed by atoms with van der Waals surface area (Å²) in [7, 11) is 0. The number of hydrogen-bond acceptors (Lipinski definition) is 4. The fourth-order valence-electron chi connectivity index (χ4n) is 1.81. The highest BCUT2D eigenvalue weighted by Crippen LogP contribution is 2.22. The number of rotatable bonds is 3. The van der Waals surface area contributed by atoms with Crippen molar-refractivity contribution in [3.63, 3.8) is 0 Å². The molecule has 0 amide bonds. The van der Waals surface area contributed by atoms with Gasteiger partial charge in [-0.1, -0.05) is 25.9 Å². The van der Waals surface area contributed by atoms with Crippen molar-refractivity contribution >= 4 is 0 Å². The molecule has 1 aromatic heterocycles. The quantitative estimate of drug-likeness (QED) is 0.936. The zero-order chi connectivity index (χ0) is 14.9. The molecule has 1 aromatic carbocycles. The van der Waals surface area contributed by atoms with Gasteiger partial charge in [0.2, 0.25) is 11.7 Å². The Morgan fingerprint density at radius 3 is 2.60 bits per heavy atom. The fraction of sp³-hybridized carbons (Fsp3) is 0.467. The van der Waals surface area contributed by atoms with Gasteiger partial charge in [-0.15, -0.1) is 0 Å². The predicted octanol–water partition coefficient (Wildman–Crippen LogP) is 3.10. The number of aryl methyl sites for hydroxylation is 1. The summed E-state index contributed by atoms with van der Waals surface area (Å²) in [6.45, 7) is 8.00. The Labute approximate surface area is 118 Å². The molecule has 1 atom stereocenters. The molecule has 1 unspecified atom stereocenters. The molecule has 0 aliphatic rings.